The molecular formula is C29H29N2O+. The zero-order valence-corrected chi connectivity index (χ0v) is 19.2. The Balaban J connectivity index is 1.64. The number of fused-ring (bicyclic) bond motifs is 3. The van der Waals surface area contributed by atoms with Gasteiger partial charge in [0.1, 0.15) is 18.2 Å². The summed E-state index contributed by atoms with van der Waals surface area (Å²) in [4.78, 5) is 4.51. The molecule has 2 aromatic carbocycles. The lowest BCUT2D eigenvalue weighted by atomic mass is 9.90. The Morgan fingerprint density at radius 2 is 1.78 bits per heavy atom. The first kappa shape index (κ1) is 18.1. The smallest absolute Gasteiger partial charge is 0.216 e. The highest BCUT2D eigenvalue weighted by Gasteiger charge is 2.21. The summed E-state index contributed by atoms with van der Waals surface area (Å²) in [5, 5.41) is 2.22. The van der Waals surface area contributed by atoms with Gasteiger partial charge in [-0.2, -0.15) is 0 Å². The number of aromatic nitrogens is 2. The molecule has 0 bridgehead atoms. The first-order valence-electron chi connectivity index (χ1n) is 12.0. The maximum absolute atomic E-state index is 8.51. The molecule has 0 saturated carbocycles. The molecular weight excluding hydrogens is 392 g/mol. The molecule has 3 aromatic heterocycles. The summed E-state index contributed by atoms with van der Waals surface area (Å²) in [6.45, 7) is 7.80. The van der Waals surface area contributed by atoms with Crippen LogP contribution in [0.1, 0.15) is 34.8 Å². The van der Waals surface area contributed by atoms with Crippen molar-refractivity contribution in [2.75, 3.05) is 0 Å². The number of para-hydroxylation sites is 1. The monoisotopic (exact) mass is 423 g/mol. The average molecular weight is 424 g/mol. The number of hydrogen-bond donors (Lipinski definition) is 0. The molecule has 0 fully saturated rings. The van der Waals surface area contributed by atoms with Crippen LogP contribution in [0.15, 0.2) is 77.5 Å². The second-order valence-electron chi connectivity index (χ2n) is 9.45. The lowest BCUT2D eigenvalue weighted by molar-refractivity contribution is -0.660. The van der Waals surface area contributed by atoms with Crippen LogP contribution in [0.3, 0.4) is 0 Å². The van der Waals surface area contributed by atoms with Crippen LogP contribution in [-0.2, 0) is 13.4 Å². The van der Waals surface area contributed by atoms with E-state index in [4.69, 9.17) is 7.16 Å². The Morgan fingerprint density at radius 3 is 2.53 bits per heavy atom. The molecule has 160 valence electrons. The molecule has 0 spiro atoms. The van der Waals surface area contributed by atoms with Gasteiger partial charge in [-0.05, 0) is 42.0 Å². The third-order valence-electron chi connectivity index (χ3n) is 5.76. The number of benzene rings is 2. The van der Waals surface area contributed by atoms with E-state index >= 15 is 0 Å². The summed E-state index contributed by atoms with van der Waals surface area (Å²) in [5.41, 5.74) is 6.93. The Bertz CT molecular complexity index is 1530. The molecule has 3 nitrogen and oxygen atoms in total. The summed E-state index contributed by atoms with van der Waals surface area (Å²) < 4.78 is 25.5. The topological polar surface area (TPSA) is 29.9 Å². The lowest BCUT2D eigenvalue weighted by Crippen LogP contribution is -2.30. The van der Waals surface area contributed by atoms with Crippen LogP contribution in [0.4, 0.5) is 0 Å². The molecule has 3 heteroatoms. The van der Waals surface area contributed by atoms with Crippen molar-refractivity contribution >= 4 is 21.9 Å². The highest BCUT2D eigenvalue weighted by atomic mass is 16.3. The molecule has 5 aromatic rings. The summed E-state index contributed by atoms with van der Waals surface area (Å²) in [6, 6.07) is 20.4. The largest absolute Gasteiger partial charge is 0.455 e. The SMILES string of the molecule is [2H]C([2H])(c1ccc(-c2cc[n+](C)c(-c3c(C)ccc4c3oc3ccccc34)c2)cn1)C(C)(C)C. The summed E-state index contributed by atoms with van der Waals surface area (Å²) in [6.07, 6.45) is 2.30. The fourth-order valence-electron chi connectivity index (χ4n) is 4.23. The molecule has 0 amide bonds. The van der Waals surface area contributed by atoms with Crippen LogP contribution in [0.25, 0.3) is 44.3 Å². The zero-order valence-electron chi connectivity index (χ0n) is 21.2. The van der Waals surface area contributed by atoms with Crippen molar-refractivity contribution in [2.24, 2.45) is 12.5 Å². The molecule has 0 saturated heterocycles. The predicted octanol–water partition coefficient (Wildman–Crippen LogP) is 7.04. The first-order chi connectivity index (χ1) is 16.1. The molecule has 0 N–H and O–H groups in total. The van der Waals surface area contributed by atoms with E-state index in [-0.39, 0.29) is 0 Å². The minimum absolute atomic E-state index is 0.452. The third kappa shape index (κ3) is 3.69. The van der Waals surface area contributed by atoms with Crippen LogP contribution in [0.2, 0.25) is 0 Å². The van der Waals surface area contributed by atoms with Crippen molar-refractivity contribution in [3.05, 3.63) is 84.3 Å². The van der Waals surface area contributed by atoms with E-state index in [0.717, 1.165) is 49.9 Å². The molecule has 32 heavy (non-hydrogen) atoms. The Morgan fingerprint density at radius 1 is 0.969 bits per heavy atom. The van der Waals surface area contributed by atoms with Crippen molar-refractivity contribution in [3.8, 4) is 22.4 Å². The van der Waals surface area contributed by atoms with Gasteiger partial charge >= 0.3 is 0 Å². The van der Waals surface area contributed by atoms with Crippen molar-refractivity contribution in [3.63, 3.8) is 0 Å². The van der Waals surface area contributed by atoms with Gasteiger partial charge in [-0.3, -0.25) is 4.98 Å². The quantitative estimate of drug-likeness (QED) is 0.291. The predicted molar refractivity (Wildman–Crippen MR) is 131 cm³/mol. The third-order valence-corrected chi connectivity index (χ3v) is 5.76. The number of pyridine rings is 2. The van der Waals surface area contributed by atoms with Gasteiger partial charge in [0.05, 0.1) is 5.56 Å². The Hall–Kier alpha value is -3.46. The van der Waals surface area contributed by atoms with Crippen LogP contribution < -0.4 is 4.57 Å². The van der Waals surface area contributed by atoms with Gasteiger partial charge in [0, 0.05) is 43.1 Å². The molecule has 0 radical (unpaired) electrons. The van der Waals surface area contributed by atoms with E-state index in [2.05, 4.69) is 46.8 Å². The molecule has 0 atom stereocenters. The lowest BCUT2D eigenvalue weighted by Gasteiger charge is -2.17. The van der Waals surface area contributed by atoms with Crippen LogP contribution in [0.5, 0.6) is 0 Å². The fourth-order valence-corrected chi connectivity index (χ4v) is 4.23. The highest BCUT2D eigenvalue weighted by molar-refractivity contribution is 6.09. The van der Waals surface area contributed by atoms with E-state index < -0.39 is 11.8 Å². The van der Waals surface area contributed by atoms with Gasteiger partial charge in [-0.1, -0.05) is 57.2 Å². The Kier molecular flexibility index (Phi) is 4.31. The van der Waals surface area contributed by atoms with Gasteiger partial charge in [0.25, 0.3) is 0 Å². The summed E-state index contributed by atoms with van der Waals surface area (Å²) in [5.74, 6) is 0. The van der Waals surface area contributed by atoms with Crippen LogP contribution in [-0.4, -0.2) is 4.98 Å². The highest BCUT2D eigenvalue weighted by Crippen LogP contribution is 2.37. The molecule has 5 rings (SSSR count). The second kappa shape index (κ2) is 7.59. The zero-order chi connectivity index (χ0) is 24.3. The molecule has 0 unspecified atom stereocenters. The maximum Gasteiger partial charge on any atom is 0.216 e. The van der Waals surface area contributed by atoms with Crippen molar-refractivity contribution < 1.29 is 11.7 Å². The van der Waals surface area contributed by atoms with Gasteiger partial charge < -0.3 is 4.42 Å². The van der Waals surface area contributed by atoms with Gasteiger partial charge in [0.15, 0.2) is 6.20 Å². The molecule has 0 aliphatic heterocycles. The van der Waals surface area contributed by atoms with E-state index in [1.165, 1.54) is 0 Å². The van der Waals surface area contributed by atoms with E-state index in [0.29, 0.717) is 5.69 Å². The van der Waals surface area contributed by atoms with Crippen LogP contribution >= 0.6 is 0 Å². The van der Waals surface area contributed by atoms with Crippen molar-refractivity contribution in [1.29, 1.82) is 0 Å². The number of nitrogens with zero attached hydrogens (tertiary/aromatic N) is 2. The van der Waals surface area contributed by atoms with Gasteiger partial charge in [-0.25, -0.2) is 4.57 Å². The van der Waals surface area contributed by atoms with Crippen LogP contribution in [0, 0.1) is 12.3 Å². The summed E-state index contributed by atoms with van der Waals surface area (Å²) >= 11 is 0. The van der Waals surface area contributed by atoms with E-state index in [1.807, 2.05) is 58.3 Å². The van der Waals surface area contributed by atoms with E-state index in [1.54, 1.807) is 12.3 Å². The molecule has 3 heterocycles. The van der Waals surface area contributed by atoms with E-state index in [9.17, 15) is 0 Å². The number of hydrogen-bond acceptors (Lipinski definition) is 2. The minimum Gasteiger partial charge on any atom is -0.455 e. The molecule has 0 aliphatic rings. The van der Waals surface area contributed by atoms with Gasteiger partial charge in [-0.15, -0.1) is 0 Å². The molecule has 0 aliphatic carbocycles. The fraction of sp³-hybridized carbons (Fsp3) is 0.241. The number of rotatable bonds is 3. The second-order valence-corrected chi connectivity index (χ2v) is 9.45. The first-order valence-corrected chi connectivity index (χ1v) is 11.0. The number of furan rings is 1. The van der Waals surface area contributed by atoms with Gasteiger partial charge in [0.2, 0.25) is 5.69 Å². The van der Waals surface area contributed by atoms with Crippen molar-refractivity contribution in [1.82, 2.24) is 4.98 Å². The minimum atomic E-state index is -1.52. The van der Waals surface area contributed by atoms with Crippen molar-refractivity contribution in [2.45, 2.75) is 34.1 Å². The number of aryl methyl sites for hydroxylation is 2. The Labute approximate surface area is 192 Å². The normalized spacial score (nSPS) is 13.4. The summed E-state index contributed by atoms with van der Waals surface area (Å²) in [7, 11) is 2.04. The maximum atomic E-state index is 8.51. The standard InChI is InChI=1S/C29H29N2O/c1-19-10-13-24-23-8-6-7-9-26(23)32-28(24)27(19)25-16-20(14-15-31(25)5)21-11-12-22(30-18-21)17-29(2,3)4/h6-16,18H,17H2,1-5H3/q+1/i17D2. The average Bonchev–Trinajstić information content (AvgIpc) is 3.17.